The molecule has 0 N–H and O–H groups in total. The van der Waals surface area contributed by atoms with Crippen LogP contribution in [0.3, 0.4) is 0 Å². The van der Waals surface area contributed by atoms with E-state index in [1.165, 1.54) is 6.07 Å². The molecule has 1 amide bonds. The van der Waals surface area contributed by atoms with E-state index in [0.717, 1.165) is 36.1 Å². The number of aromatic nitrogens is 4. The zero-order valence-electron chi connectivity index (χ0n) is 19.5. The zero-order valence-corrected chi connectivity index (χ0v) is 19.5. The van der Waals surface area contributed by atoms with E-state index in [2.05, 4.69) is 14.7 Å². The van der Waals surface area contributed by atoms with E-state index in [4.69, 9.17) is 9.51 Å². The number of piperidine rings is 1. The number of imidazole rings is 1. The number of halogens is 1. The third-order valence-electron chi connectivity index (χ3n) is 6.88. The highest BCUT2D eigenvalue weighted by molar-refractivity contribution is 6.07. The van der Waals surface area contributed by atoms with Crippen LogP contribution < -0.4 is 0 Å². The number of carbonyl (C=O) groups excluding carboxylic acids is 1. The molecule has 0 aliphatic carbocycles. The second-order valence-corrected chi connectivity index (χ2v) is 9.01. The molecule has 1 saturated heterocycles. The Morgan fingerprint density at radius 1 is 1.09 bits per heavy atom. The number of amides is 1. The number of benzene rings is 2. The largest absolute Gasteiger partial charge is 0.335 e. The molecule has 2 aromatic carbocycles. The Bertz CT molecular complexity index is 1590. The summed E-state index contributed by atoms with van der Waals surface area (Å²) in [4.78, 5) is 25.4. The van der Waals surface area contributed by atoms with Crippen LogP contribution in [-0.2, 0) is 7.05 Å². The summed E-state index contributed by atoms with van der Waals surface area (Å²) in [5, 5.41) is 4.60. The number of likely N-dealkylation sites (tertiary alicyclic amines) is 1. The zero-order chi connectivity index (χ0) is 24.1. The average Bonchev–Trinajstić information content (AvgIpc) is 3.43. The van der Waals surface area contributed by atoms with Crippen LogP contribution in [0.2, 0.25) is 0 Å². The summed E-state index contributed by atoms with van der Waals surface area (Å²) in [6.45, 7) is 2.39. The lowest BCUT2D eigenvalue weighted by Gasteiger charge is -2.35. The van der Waals surface area contributed by atoms with Crippen molar-refractivity contribution in [2.24, 2.45) is 7.05 Å². The molecule has 1 aliphatic rings. The van der Waals surface area contributed by atoms with Crippen molar-refractivity contribution in [3.8, 4) is 11.3 Å². The molecule has 1 atom stereocenters. The molecule has 3 aromatic heterocycles. The van der Waals surface area contributed by atoms with Crippen LogP contribution in [0.15, 0.2) is 59.1 Å². The molecule has 7 nitrogen and oxygen atoms in total. The highest BCUT2D eigenvalue weighted by atomic mass is 19.1. The van der Waals surface area contributed by atoms with Crippen molar-refractivity contribution in [1.29, 1.82) is 0 Å². The number of hydrogen-bond acceptors (Lipinski definition) is 5. The van der Waals surface area contributed by atoms with Gasteiger partial charge in [0.2, 0.25) is 0 Å². The number of para-hydroxylation sites is 2. The summed E-state index contributed by atoms with van der Waals surface area (Å²) in [5.74, 6) is 0.295. The van der Waals surface area contributed by atoms with Crippen LogP contribution in [0.5, 0.6) is 0 Å². The summed E-state index contributed by atoms with van der Waals surface area (Å²) in [6.07, 6.45) is 2.74. The average molecular weight is 470 g/mol. The van der Waals surface area contributed by atoms with E-state index in [1.807, 2.05) is 36.2 Å². The van der Waals surface area contributed by atoms with Crippen molar-refractivity contribution in [2.75, 3.05) is 6.54 Å². The number of aryl methyl sites for hydroxylation is 2. The van der Waals surface area contributed by atoms with E-state index in [9.17, 15) is 9.18 Å². The molecule has 35 heavy (non-hydrogen) atoms. The molecule has 1 fully saturated rings. The summed E-state index contributed by atoms with van der Waals surface area (Å²) < 4.78 is 22.1. The SMILES string of the molecule is Cc1noc2nc(-c3ccccc3F)cc(C(=O)N3CCCC[C@@H]3c3nc4ccccc4n3C)c12. The first-order valence-corrected chi connectivity index (χ1v) is 11.8. The molecule has 0 saturated carbocycles. The van der Waals surface area contributed by atoms with Gasteiger partial charge in [-0.15, -0.1) is 0 Å². The standard InChI is InChI=1S/C27H24FN5O2/c1-16-24-18(15-21(30-26(24)35-31-16)17-9-3-4-10-19(17)28)27(34)33-14-8-7-13-23(33)25-29-20-11-5-6-12-22(20)32(25)2/h3-6,9-12,15,23H,7-8,13-14H2,1-2H3/t23-/m1/s1. The Labute approximate surface area is 201 Å². The molecule has 0 spiro atoms. The number of rotatable bonds is 3. The van der Waals surface area contributed by atoms with E-state index >= 15 is 0 Å². The first-order valence-electron chi connectivity index (χ1n) is 11.8. The summed E-state index contributed by atoms with van der Waals surface area (Å²) in [5.41, 5.74) is 3.80. The van der Waals surface area contributed by atoms with Gasteiger partial charge in [-0.05, 0) is 56.5 Å². The van der Waals surface area contributed by atoms with Crippen LogP contribution in [0.25, 0.3) is 33.4 Å². The molecule has 6 rings (SSSR count). The fraction of sp³-hybridized carbons (Fsp3) is 0.259. The molecule has 5 aromatic rings. The van der Waals surface area contributed by atoms with Gasteiger partial charge in [0.05, 0.1) is 39.4 Å². The smallest absolute Gasteiger partial charge is 0.259 e. The Morgan fingerprint density at radius 3 is 2.71 bits per heavy atom. The van der Waals surface area contributed by atoms with Crippen LogP contribution >= 0.6 is 0 Å². The second kappa shape index (κ2) is 8.30. The predicted molar refractivity (Wildman–Crippen MR) is 130 cm³/mol. The molecule has 1 aliphatic heterocycles. The lowest BCUT2D eigenvalue weighted by atomic mass is 9.98. The quantitative estimate of drug-likeness (QED) is 0.344. The maximum Gasteiger partial charge on any atom is 0.259 e. The Balaban J connectivity index is 1.48. The topological polar surface area (TPSA) is 77.1 Å². The number of fused-ring (bicyclic) bond motifs is 2. The fourth-order valence-corrected chi connectivity index (χ4v) is 5.13. The lowest BCUT2D eigenvalue weighted by molar-refractivity contribution is 0.0599. The Kier molecular flexibility index (Phi) is 5.09. The summed E-state index contributed by atoms with van der Waals surface area (Å²) in [6, 6.07) is 15.9. The van der Waals surface area contributed by atoms with Gasteiger partial charge in [-0.3, -0.25) is 4.79 Å². The van der Waals surface area contributed by atoms with E-state index in [1.54, 1.807) is 31.2 Å². The van der Waals surface area contributed by atoms with Gasteiger partial charge in [-0.2, -0.15) is 0 Å². The summed E-state index contributed by atoms with van der Waals surface area (Å²) >= 11 is 0. The lowest BCUT2D eigenvalue weighted by Crippen LogP contribution is -2.39. The first-order chi connectivity index (χ1) is 17.0. The van der Waals surface area contributed by atoms with Gasteiger partial charge < -0.3 is 14.0 Å². The third-order valence-corrected chi connectivity index (χ3v) is 6.88. The van der Waals surface area contributed by atoms with E-state index in [-0.39, 0.29) is 17.7 Å². The maximum atomic E-state index is 14.6. The maximum absolute atomic E-state index is 14.6. The molecule has 4 heterocycles. The van der Waals surface area contributed by atoms with Crippen molar-refractivity contribution < 1.29 is 13.7 Å². The van der Waals surface area contributed by atoms with Crippen molar-refractivity contribution in [3.05, 3.63) is 77.5 Å². The predicted octanol–water partition coefficient (Wildman–Crippen LogP) is 5.59. The third kappa shape index (κ3) is 3.48. The fourth-order valence-electron chi connectivity index (χ4n) is 5.13. The summed E-state index contributed by atoms with van der Waals surface area (Å²) in [7, 11) is 1.99. The van der Waals surface area contributed by atoms with Crippen LogP contribution in [0.1, 0.15) is 47.2 Å². The first kappa shape index (κ1) is 21.5. The normalized spacial score (nSPS) is 16.3. The van der Waals surface area contributed by atoms with Gasteiger partial charge in [-0.25, -0.2) is 14.4 Å². The van der Waals surface area contributed by atoms with E-state index in [0.29, 0.717) is 34.4 Å². The highest BCUT2D eigenvalue weighted by Crippen LogP contribution is 2.35. The van der Waals surface area contributed by atoms with Gasteiger partial charge in [0.25, 0.3) is 11.6 Å². The van der Waals surface area contributed by atoms with Crippen molar-refractivity contribution in [2.45, 2.75) is 32.2 Å². The minimum Gasteiger partial charge on any atom is -0.335 e. The molecule has 0 unspecified atom stereocenters. The van der Waals surface area contributed by atoms with Gasteiger partial charge in [-0.1, -0.05) is 29.4 Å². The number of hydrogen-bond donors (Lipinski definition) is 0. The van der Waals surface area contributed by atoms with Crippen LogP contribution in [0, 0.1) is 12.7 Å². The van der Waals surface area contributed by atoms with Crippen LogP contribution in [-0.4, -0.2) is 37.0 Å². The molecule has 8 heteroatoms. The van der Waals surface area contributed by atoms with Crippen LogP contribution in [0.4, 0.5) is 4.39 Å². The number of nitrogens with zero attached hydrogens (tertiary/aromatic N) is 5. The van der Waals surface area contributed by atoms with Gasteiger partial charge in [0.1, 0.15) is 11.6 Å². The molecular weight excluding hydrogens is 445 g/mol. The second-order valence-electron chi connectivity index (χ2n) is 9.01. The molecule has 0 radical (unpaired) electrons. The minimum atomic E-state index is -0.412. The van der Waals surface area contributed by atoms with Gasteiger partial charge >= 0.3 is 0 Å². The number of pyridine rings is 1. The number of carbonyl (C=O) groups is 1. The van der Waals surface area contributed by atoms with Crippen molar-refractivity contribution >= 4 is 28.0 Å². The Morgan fingerprint density at radius 2 is 1.89 bits per heavy atom. The minimum absolute atomic E-state index is 0.155. The Hall–Kier alpha value is -4.07. The molecular formula is C27H24FN5O2. The molecule has 0 bridgehead atoms. The van der Waals surface area contributed by atoms with Crippen molar-refractivity contribution in [1.82, 2.24) is 24.6 Å². The monoisotopic (exact) mass is 469 g/mol. The van der Waals surface area contributed by atoms with Gasteiger partial charge in [0.15, 0.2) is 0 Å². The highest BCUT2D eigenvalue weighted by Gasteiger charge is 2.34. The van der Waals surface area contributed by atoms with Crippen molar-refractivity contribution in [3.63, 3.8) is 0 Å². The molecule has 176 valence electrons. The van der Waals surface area contributed by atoms with Gasteiger partial charge in [0, 0.05) is 19.2 Å². The van der Waals surface area contributed by atoms with E-state index < -0.39 is 5.82 Å².